The molecule has 3 aromatic rings. The first kappa shape index (κ1) is 23.1. The van der Waals surface area contributed by atoms with Gasteiger partial charge in [-0.1, -0.05) is 11.6 Å². The van der Waals surface area contributed by atoms with Gasteiger partial charge in [0.1, 0.15) is 35.8 Å². The zero-order chi connectivity index (χ0) is 22.4. The third-order valence-corrected chi connectivity index (χ3v) is 6.63. The van der Waals surface area contributed by atoms with Crippen LogP contribution in [-0.2, 0) is 32.8 Å². The van der Waals surface area contributed by atoms with Gasteiger partial charge in [0.2, 0.25) is 10.0 Å². The fourth-order valence-corrected chi connectivity index (χ4v) is 4.40. The quantitative estimate of drug-likeness (QED) is 0.462. The molecule has 0 bridgehead atoms. The first-order chi connectivity index (χ1) is 14.7. The van der Waals surface area contributed by atoms with E-state index in [1.165, 1.54) is 66.8 Å². The lowest BCUT2D eigenvalue weighted by atomic mass is 10.3. The minimum Gasteiger partial charge on any atom is -0.486 e. The Morgan fingerprint density at radius 3 is 2.52 bits per heavy atom. The second-order valence-electron chi connectivity index (χ2n) is 6.38. The van der Waals surface area contributed by atoms with Crippen LogP contribution in [0.1, 0.15) is 17.6 Å². The van der Waals surface area contributed by atoms with E-state index in [0.29, 0.717) is 21.5 Å². The van der Waals surface area contributed by atoms with Crippen molar-refractivity contribution >= 4 is 38.9 Å². The van der Waals surface area contributed by atoms with Gasteiger partial charge in [-0.05, 0) is 55.5 Å². The number of sulfonamides is 1. The molecule has 0 radical (unpaired) electrons. The Labute approximate surface area is 187 Å². The molecule has 1 N–H and O–H groups in total. The summed E-state index contributed by atoms with van der Waals surface area (Å²) in [7, 11) is -3.90. The number of ether oxygens (including phenoxy) is 2. The molecule has 0 saturated heterocycles. The molecule has 1 atom stereocenters. The number of thiazole rings is 1. The number of carbonyl (C=O) groups is 1. The van der Waals surface area contributed by atoms with Crippen molar-refractivity contribution in [1.29, 1.82) is 0 Å². The molecule has 0 unspecified atom stereocenters. The highest BCUT2D eigenvalue weighted by atomic mass is 35.5. The highest BCUT2D eigenvalue weighted by Gasteiger charge is 2.23. The second kappa shape index (κ2) is 10.2. The fourth-order valence-electron chi connectivity index (χ4n) is 2.39. The van der Waals surface area contributed by atoms with Gasteiger partial charge < -0.3 is 9.47 Å². The number of halogens is 2. The van der Waals surface area contributed by atoms with Crippen LogP contribution in [0.2, 0.25) is 5.02 Å². The maximum absolute atomic E-state index is 12.9. The predicted octanol–water partition coefficient (Wildman–Crippen LogP) is 3.92. The Bertz CT molecular complexity index is 1140. The zero-order valence-corrected chi connectivity index (χ0v) is 18.6. The van der Waals surface area contributed by atoms with Gasteiger partial charge in [-0.3, -0.25) is 4.79 Å². The molecule has 0 fully saturated rings. The van der Waals surface area contributed by atoms with Gasteiger partial charge in [-0.15, -0.1) is 11.3 Å². The van der Waals surface area contributed by atoms with E-state index in [0.717, 1.165) is 0 Å². The molecular weight excluding hydrogens is 467 g/mol. The molecule has 0 aliphatic carbocycles. The Kier molecular flexibility index (Phi) is 7.60. The first-order valence-electron chi connectivity index (χ1n) is 8.99. The second-order valence-corrected chi connectivity index (χ2v) is 9.47. The van der Waals surface area contributed by atoms with Crippen LogP contribution in [0, 0.1) is 5.82 Å². The summed E-state index contributed by atoms with van der Waals surface area (Å²) in [5.74, 6) is -0.587. The van der Waals surface area contributed by atoms with Crippen LogP contribution in [-0.4, -0.2) is 25.4 Å². The van der Waals surface area contributed by atoms with Crippen molar-refractivity contribution in [2.45, 2.75) is 31.1 Å². The average Bonchev–Trinajstić information content (AvgIpc) is 3.19. The van der Waals surface area contributed by atoms with Crippen LogP contribution in [0.5, 0.6) is 5.75 Å². The molecule has 7 nitrogen and oxygen atoms in total. The molecule has 31 heavy (non-hydrogen) atoms. The number of hydrogen-bond donors (Lipinski definition) is 1. The maximum atomic E-state index is 12.9. The minimum absolute atomic E-state index is 0.0122. The first-order valence-corrected chi connectivity index (χ1v) is 11.7. The summed E-state index contributed by atoms with van der Waals surface area (Å²) in [5.41, 5.74) is 0.504. The van der Waals surface area contributed by atoms with Crippen LogP contribution in [0.4, 0.5) is 4.39 Å². The molecule has 1 heterocycles. The summed E-state index contributed by atoms with van der Waals surface area (Å²) < 4.78 is 50.5. The van der Waals surface area contributed by atoms with Crippen molar-refractivity contribution in [3.05, 3.63) is 75.5 Å². The van der Waals surface area contributed by atoms with Gasteiger partial charge in [0.25, 0.3) is 0 Å². The molecule has 164 valence electrons. The standard InChI is InChI=1S/C20H18ClFN2O5S2/c1-13(24-31(26,27)18-8-2-14(21)3-9-18)20(25)29-10-16-12-30-19(23-16)11-28-17-6-4-15(22)5-7-17/h2-9,12-13,24H,10-11H2,1H3/t13-/m0/s1. The van der Waals surface area contributed by atoms with E-state index in [-0.39, 0.29) is 23.9 Å². The highest BCUT2D eigenvalue weighted by molar-refractivity contribution is 7.89. The summed E-state index contributed by atoms with van der Waals surface area (Å²) in [6, 6.07) is 10.1. The summed E-state index contributed by atoms with van der Waals surface area (Å²) in [6.07, 6.45) is 0. The van der Waals surface area contributed by atoms with Crippen molar-refractivity contribution < 1.29 is 27.1 Å². The normalized spacial score (nSPS) is 12.4. The number of rotatable bonds is 9. The largest absolute Gasteiger partial charge is 0.486 e. The van der Waals surface area contributed by atoms with Crippen LogP contribution in [0.3, 0.4) is 0 Å². The van der Waals surface area contributed by atoms with Gasteiger partial charge in [0.15, 0.2) is 0 Å². The Morgan fingerprint density at radius 1 is 1.16 bits per heavy atom. The third kappa shape index (κ3) is 6.73. The number of carbonyl (C=O) groups excluding carboxylic acids is 1. The molecule has 11 heteroatoms. The summed E-state index contributed by atoms with van der Waals surface area (Å²) >= 11 is 7.08. The van der Waals surface area contributed by atoms with Crippen molar-refractivity contribution in [3.63, 3.8) is 0 Å². The molecule has 0 aliphatic rings. The van der Waals surface area contributed by atoms with Gasteiger partial charge in [-0.2, -0.15) is 4.72 Å². The van der Waals surface area contributed by atoms with Crippen molar-refractivity contribution in [2.24, 2.45) is 0 Å². The van der Waals surface area contributed by atoms with Crippen LogP contribution < -0.4 is 9.46 Å². The number of nitrogens with zero attached hydrogens (tertiary/aromatic N) is 1. The monoisotopic (exact) mass is 484 g/mol. The molecule has 0 amide bonds. The van der Waals surface area contributed by atoms with Gasteiger partial charge in [0, 0.05) is 10.4 Å². The number of aromatic nitrogens is 1. The van der Waals surface area contributed by atoms with E-state index in [4.69, 9.17) is 21.1 Å². The lowest BCUT2D eigenvalue weighted by molar-refractivity contribution is -0.146. The molecule has 2 aromatic carbocycles. The minimum atomic E-state index is -3.90. The average molecular weight is 485 g/mol. The van der Waals surface area contributed by atoms with E-state index >= 15 is 0 Å². The van der Waals surface area contributed by atoms with Gasteiger partial charge in [0.05, 0.1) is 10.6 Å². The van der Waals surface area contributed by atoms with Crippen LogP contribution in [0.15, 0.2) is 58.8 Å². The molecule has 0 saturated carbocycles. The van der Waals surface area contributed by atoms with E-state index in [1.807, 2.05) is 0 Å². The SMILES string of the molecule is C[C@H](NS(=O)(=O)c1ccc(Cl)cc1)C(=O)OCc1csc(COc2ccc(F)cc2)n1. The topological polar surface area (TPSA) is 94.6 Å². The van der Waals surface area contributed by atoms with Gasteiger partial charge >= 0.3 is 5.97 Å². The van der Waals surface area contributed by atoms with Crippen LogP contribution in [0.25, 0.3) is 0 Å². The van der Waals surface area contributed by atoms with Crippen LogP contribution >= 0.6 is 22.9 Å². The Hall–Kier alpha value is -2.53. The zero-order valence-electron chi connectivity index (χ0n) is 16.2. The third-order valence-electron chi connectivity index (χ3n) is 3.95. The molecular formula is C20H18ClFN2O5S2. The van der Waals surface area contributed by atoms with Gasteiger partial charge in [-0.25, -0.2) is 17.8 Å². The number of esters is 1. The molecule has 0 spiro atoms. The summed E-state index contributed by atoms with van der Waals surface area (Å²) in [4.78, 5) is 16.5. The number of benzene rings is 2. The predicted molar refractivity (Wildman–Crippen MR) is 114 cm³/mol. The lowest BCUT2D eigenvalue weighted by Gasteiger charge is -2.13. The molecule has 1 aromatic heterocycles. The number of nitrogens with one attached hydrogen (secondary N) is 1. The highest BCUT2D eigenvalue weighted by Crippen LogP contribution is 2.17. The Balaban J connectivity index is 1.48. The molecule has 0 aliphatic heterocycles. The maximum Gasteiger partial charge on any atom is 0.324 e. The van der Waals surface area contributed by atoms with Crippen molar-refractivity contribution in [3.8, 4) is 5.75 Å². The van der Waals surface area contributed by atoms with E-state index in [2.05, 4.69) is 9.71 Å². The summed E-state index contributed by atoms with van der Waals surface area (Å²) in [5, 5.41) is 2.75. The summed E-state index contributed by atoms with van der Waals surface area (Å²) in [6.45, 7) is 1.46. The van der Waals surface area contributed by atoms with Crippen molar-refractivity contribution in [2.75, 3.05) is 0 Å². The number of hydrogen-bond acceptors (Lipinski definition) is 7. The van der Waals surface area contributed by atoms with E-state index < -0.39 is 22.0 Å². The fraction of sp³-hybridized carbons (Fsp3) is 0.200. The van der Waals surface area contributed by atoms with E-state index in [9.17, 15) is 17.6 Å². The van der Waals surface area contributed by atoms with E-state index in [1.54, 1.807) is 5.38 Å². The Morgan fingerprint density at radius 2 is 1.84 bits per heavy atom. The molecule has 3 rings (SSSR count). The smallest absolute Gasteiger partial charge is 0.324 e. The van der Waals surface area contributed by atoms with Crippen molar-refractivity contribution in [1.82, 2.24) is 9.71 Å². The lowest BCUT2D eigenvalue weighted by Crippen LogP contribution is -2.39.